The Kier molecular flexibility index (Phi) is 7.50. The average Bonchev–Trinajstić information content (AvgIpc) is 2.89. The molecule has 6 heteroatoms. The summed E-state index contributed by atoms with van der Waals surface area (Å²) in [5.74, 6) is 0.587. The van der Waals surface area contributed by atoms with Crippen molar-refractivity contribution in [1.82, 2.24) is 14.7 Å². The van der Waals surface area contributed by atoms with Gasteiger partial charge in [-0.25, -0.2) is 4.68 Å². The van der Waals surface area contributed by atoms with Gasteiger partial charge in [-0.3, -0.25) is 9.59 Å². The molecule has 0 N–H and O–H groups in total. The van der Waals surface area contributed by atoms with E-state index in [9.17, 15) is 9.59 Å². The summed E-state index contributed by atoms with van der Waals surface area (Å²) in [6, 6.07) is 30.5. The van der Waals surface area contributed by atoms with Gasteiger partial charge in [0.1, 0.15) is 12.3 Å². The zero-order valence-electron chi connectivity index (χ0n) is 19.1. The molecule has 1 amide bonds. The Morgan fingerprint density at radius 3 is 2.15 bits per heavy atom. The maximum atomic E-state index is 13.3. The number of rotatable bonds is 9. The van der Waals surface area contributed by atoms with E-state index in [2.05, 4.69) is 17.2 Å². The number of aromatic nitrogens is 2. The van der Waals surface area contributed by atoms with Gasteiger partial charge in [0.15, 0.2) is 0 Å². The fourth-order valence-electron chi connectivity index (χ4n) is 3.71. The van der Waals surface area contributed by atoms with Crippen LogP contribution < -0.4 is 10.3 Å². The molecule has 172 valence electrons. The van der Waals surface area contributed by atoms with E-state index in [-0.39, 0.29) is 18.0 Å². The first-order chi connectivity index (χ1) is 16.6. The highest BCUT2D eigenvalue weighted by atomic mass is 16.5. The summed E-state index contributed by atoms with van der Waals surface area (Å²) in [4.78, 5) is 27.6. The van der Waals surface area contributed by atoms with E-state index in [1.165, 1.54) is 10.7 Å². The zero-order chi connectivity index (χ0) is 23.8. The summed E-state index contributed by atoms with van der Waals surface area (Å²) in [5.41, 5.74) is 3.34. The van der Waals surface area contributed by atoms with Crippen molar-refractivity contribution < 1.29 is 9.53 Å². The van der Waals surface area contributed by atoms with Crippen LogP contribution in [0.15, 0.2) is 102 Å². The summed E-state index contributed by atoms with van der Waals surface area (Å²) in [7, 11) is 1.61. The number of hydrogen-bond acceptors (Lipinski definition) is 4. The van der Waals surface area contributed by atoms with Gasteiger partial charge in [0, 0.05) is 24.7 Å². The van der Waals surface area contributed by atoms with Crippen LogP contribution in [0.5, 0.6) is 5.75 Å². The first-order valence-electron chi connectivity index (χ1n) is 11.2. The summed E-state index contributed by atoms with van der Waals surface area (Å²) in [5, 5.41) is 4.46. The first kappa shape index (κ1) is 23.0. The Balaban J connectivity index is 1.54. The average molecular weight is 454 g/mol. The van der Waals surface area contributed by atoms with Crippen LogP contribution in [0, 0.1) is 0 Å². The number of carbonyl (C=O) groups excluding carboxylic acids is 1. The lowest BCUT2D eigenvalue weighted by molar-refractivity contribution is -0.132. The Bertz CT molecular complexity index is 1270. The number of ether oxygens (including phenoxy) is 1. The van der Waals surface area contributed by atoms with Crippen molar-refractivity contribution in [2.24, 2.45) is 0 Å². The molecule has 1 aromatic heterocycles. The Morgan fingerprint density at radius 1 is 0.853 bits per heavy atom. The maximum Gasteiger partial charge on any atom is 0.267 e. The highest BCUT2D eigenvalue weighted by molar-refractivity contribution is 5.76. The zero-order valence-corrected chi connectivity index (χ0v) is 19.1. The van der Waals surface area contributed by atoms with E-state index in [0.717, 1.165) is 28.9 Å². The number of benzene rings is 3. The molecule has 0 saturated heterocycles. The summed E-state index contributed by atoms with van der Waals surface area (Å²) >= 11 is 0. The van der Waals surface area contributed by atoms with Crippen molar-refractivity contribution in [3.63, 3.8) is 0 Å². The monoisotopic (exact) mass is 453 g/mol. The summed E-state index contributed by atoms with van der Waals surface area (Å²) in [6.45, 7) is 0.897. The first-order valence-corrected chi connectivity index (χ1v) is 11.2. The van der Waals surface area contributed by atoms with Crippen molar-refractivity contribution in [2.45, 2.75) is 19.5 Å². The molecule has 0 aliphatic rings. The Hall–Kier alpha value is -4.19. The van der Waals surface area contributed by atoms with Crippen molar-refractivity contribution in [3.05, 3.63) is 119 Å². The lowest BCUT2D eigenvalue weighted by atomic mass is 10.1. The molecule has 6 nitrogen and oxygen atoms in total. The van der Waals surface area contributed by atoms with Crippen LogP contribution in [-0.2, 0) is 24.3 Å². The number of nitrogens with zero attached hydrogens (tertiary/aromatic N) is 3. The molecule has 0 radical (unpaired) electrons. The van der Waals surface area contributed by atoms with Gasteiger partial charge in [-0.2, -0.15) is 5.10 Å². The lowest BCUT2D eigenvalue weighted by Crippen LogP contribution is -2.38. The van der Waals surface area contributed by atoms with Crippen LogP contribution in [0.1, 0.15) is 11.1 Å². The van der Waals surface area contributed by atoms with Crippen LogP contribution in [0.3, 0.4) is 0 Å². The molecule has 1 heterocycles. The molecule has 0 spiro atoms. The van der Waals surface area contributed by atoms with Gasteiger partial charge >= 0.3 is 0 Å². The van der Waals surface area contributed by atoms with Gasteiger partial charge < -0.3 is 9.64 Å². The third-order valence-electron chi connectivity index (χ3n) is 5.62. The standard InChI is InChI=1S/C28H27N3O3/c1-34-25-14-12-24(13-15-25)26-16-17-27(32)31(29-26)21-28(33)30(20-23-10-6-3-7-11-23)19-18-22-8-4-2-5-9-22/h2-17H,18-21H2,1H3. The van der Waals surface area contributed by atoms with Crippen molar-refractivity contribution >= 4 is 5.91 Å². The third-order valence-corrected chi connectivity index (χ3v) is 5.62. The molecular formula is C28H27N3O3. The van der Waals surface area contributed by atoms with Gasteiger partial charge in [-0.15, -0.1) is 0 Å². The van der Waals surface area contributed by atoms with Crippen LogP contribution in [-0.4, -0.2) is 34.2 Å². The second-order valence-corrected chi connectivity index (χ2v) is 7.98. The molecule has 0 aliphatic carbocycles. The number of hydrogen-bond donors (Lipinski definition) is 0. The molecule has 0 atom stereocenters. The Morgan fingerprint density at radius 2 is 1.50 bits per heavy atom. The number of carbonyl (C=O) groups is 1. The lowest BCUT2D eigenvalue weighted by Gasteiger charge is -2.23. The van der Waals surface area contributed by atoms with Crippen LogP contribution in [0.2, 0.25) is 0 Å². The highest BCUT2D eigenvalue weighted by Gasteiger charge is 2.16. The van der Waals surface area contributed by atoms with Gasteiger partial charge in [-0.05, 0) is 47.9 Å². The fraction of sp³-hybridized carbons (Fsp3) is 0.179. The van der Waals surface area contributed by atoms with E-state index >= 15 is 0 Å². The maximum absolute atomic E-state index is 13.3. The second-order valence-electron chi connectivity index (χ2n) is 7.98. The predicted octanol–water partition coefficient (Wildman–Crippen LogP) is 4.19. The molecule has 0 bridgehead atoms. The van der Waals surface area contributed by atoms with Gasteiger partial charge in [-0.1, -0.05) is 60.7 Å². The SMILES string of the molecule is COc1ccc(-c2ccc(=O)n(CC(=O)N(CCc3ccccc3)Cc3ccccc3)n2)cc1. The molecule has 34 heavy (non-hydrogen) atoms. The molecule has 0 fully saturated rings. The van der Waals surface area contributed by atoms with Crippen molar-refractivity contribution in [1.29, 1.82) is 0 Å². The van der Waals surface area contributed by atoms with Gasteiger partial charge in [0.25, 0.3) is 5.56 Å². The second kappa shape index (κ2) is 11.1. The van der Waals surface area contributed by atoms with Crippen molar-refractivity contribution in [3.8, 4) is 17.0 Å². The normalized spacial score (nSPS) is 10.6. The Labute approximate surface area is 199 Å². The van der Waals surface area contributed by atoms with Crippen LogP contribution >= 0.6 is 0 Å². The third kappa shape index (κ3) is 5.98. The van der Waals surface area contributed by atoms with E-state index in [1.807, 2.05) is 72.8 Å². The van der Waals surface area contributed by atoms with Gasteiger partial charge in [0.2, 0.25) is 5.91 Å². The minimum Gasteiger partial charge on any atom is -0.497 e. The summed E-state index contributed by atoms with van der Waals surface area (Å²) < 4.78 is 6.44. The minimum atomic E-state index is -0.312. The summed E-state index contributed by atoms with van der Waals surface area (Å²) in [6.07, 6.45) is 0.730. The van der Waals surface area contributed by atoms with E-state index in [0.29, 0.717) is 18.8 Å². The molecule has 4 rings (SSSR count). The molecular weight excluding hydrogens is 426 g/mol. The smallest absolute Gasteiger partial charge is 0.267 e. The molecule has 0 aliphatic heterocycles. The van der Waals surface area contributed by atoms with E-state index in [4.69, 9.17) is 4.74 Å². The molecule has 0 saturated carbocycles. The van der Waals surface area contributed by atoms with E-state index < -0.39 is 0 Å². The van der Waals surface area contributed by atoms with Crippen molar-refractivity contribution in [2.75, 3.05) is 13.7 Å². The molecule has 4 aromatic rings. The topological polar surface area (TPSA) is 64.4 Å². The minimum absolute atomic E-state index is 0.121. The fourth-order valence-corrected chi connectivity index (χ4v) is 3.71. The van der Waals surface area contributed by atoms with E-state index in [1.54, 1.807) is 18.1 Å². The van der Waals surface area contributed by atoms with Crippen LogP contribution in [0.4, 0.5) is 0 Å². The predicted molar refractivity (Wildman–Crippen MR) is 132 cm³/mol. The quantitative estimate of drug-likeness (QED) is 0.381. The largest absolute Gasteiger partial charge is 0.497 e. The van der Waals surface area contributed by atoms with Gasteiger partial charge in [0.05, 0.1) is 12.8 Å². The molecule has 3 aromatic carbocycles. The molecule has 0 unspecified atom stereocenters. The highest BCUT2D eigenvalue weighted by Crippen LogP contribution is 2.19. The number of methoxy groups -OCH3 is 1. The van der Waals surface area contributed by atoms with Crippen LogP contribution in [0.25, 0.3) is 11.3 Å². The number of amides is 1.